The van der Waals surface area contributed by atoms with Gasteiger partial charge in [0.25, 0.3) is 0 Å². The molecule has 0 saturated heterocycles. The summed E-state index contributed by atoms with van der Waals surface area (Å²) in [7, 11) is 0. The number of carbonyl (C=O) groups is 1. The molecule has 0 aromatic heterocycles. The largest absolute Gasteiger partial charge is 0.488 e. The molecule has 132 valence electrons. The lowest BCUT2D eigenvalue weighted by Gasteiger charge is -2.20. The Kier molecular flexibility index (Phi) is 5.39. The number of hydrogen-bond acceptors (Lipinski definition) is 4. The Bertz CT molecular complexity index is 753. The van der Waals surface area contributed by atoms with Crippen LogP contribution in [0.1, 0.15) is 31.9 Å². The van der Waals surface area contributed by atoms with Crippen LogP contribution in [-0.4, -0.2) is 31.4 Å². The highest BCUT2D eigenvalue weighted by Crippen LogP contribution is 2.41. The average molecular weight is 340 g/mol. The molecule has 0 bridgehead atoms. The normalized spacial score (nSPS) is 14.4. The van der Waals surface area contributed by atoms with Crippen molar-refractivity contribution in [1.29, 1.82) is 0 Å². The smallest absolute Gasteiger partial charge is 0.302 e. The van der Waals surface area contributed by atoms with Crippen LogP contribution in [0, 0.1) is 0 Å². The lowest BCUT2D eigenvalue weighted by Crippen LogP contribution is -2.26. The first kappa shape index (κ1) is 17.5. The maximum atomic E-state index is 10.8. The van der Waals surface area contributed by atoms with Gasteiger partial charge in [0.2, 0.25) is 0 Å². The van der Waals surface area contributed by atoms with Gasteiger partial charge in [-0.15, -0.1) is 0 Å². The lowest BCUT2D eigenvalue weighted by atomic mass is 10.1. The maximum absolute atomic E-state index is 10.8. The Morgan fingerprint density at radius 3 is 2.56 bits per heavy atom. The minimum absolute atomic E-state index is 0.0880. The molecule has 4 heteroatoms. The Hall–Kier alpha value is -2.33. The summed E-state index contributed by atoms with van der Waals surface area (Å²) in [6.07, 6.45) is 0.661. The average Bonchev–Trinajstić information content (AvgIpc) is 2.98. The molecule has 0 saturated carbocycles. The van der Waals surface area contributed by atoms with E-state index in [4.69, 9.17) is 14.2 Å². The van der Waals surface area contributed by atoms with E-state index in [0.717, 1.165) is 12.2 Å². The van der Waals surface area contributed by atoms with E-state index in [2.05, 4.69) is 30.3 Å². The molecule has 0 spiro atoms. The molecule has 0 fully saturated rings. The third-order valence-electron chi connectivity index (χ3n) is 4.27. The first-order chi connectivity index (χ1) is 12.0. The van der Waals surface area contributed by atoms with Crippen molar-refractivity contribution < 1.29 is 19.0 Å². The maximum Gasteiger partial charge on any atom is 0.302 e. The van der Waals surface area contributed by atoms with Crippen molar-refractivity contribution in [2.24, 2.45) is 0 Å². The van der Waals surface area contributed by atoms with Crippen LogP contribution >= 0.6 is 0 Å². The summed E-state index contributed by atoms with van der Waals surface area (Å²) < 4.78 is 16.8. The highest BCUT2D eigenvalue weighted by atomic mass is 16.6. The number of carbonyl (C=O) groups excluding carboxylic acids is 1. The molecule has 2 atom stereocenters. The minimum Gasteiger partial charge on any atom is -0.488 e. The lowest BCUT2D eigenvalue weighted by molar-refractivity contribution is -0.145. The third kappa shape index (κ3) is 4.20. The molecule has 4 nitrogen and oxygen atoms in total. The van der Waals surface area contributed by atoms with Crippen molar-refractivity contribution >= 4 is 5.97 Å². The van der Waals surface area contributed by atoms with Crippen LogP contribution in [0.3, 0.4) is 0 Å². The first-order valence-corrected chi connectivity index (χ1v) is 8.66. The number of esters is 1. The summed E-state index contributed by atoms with van der Waals surface area (Å²) in [6.45, 7) is 5.97. The van der Waals surface area contributed by atoms with Crippen LogP contribution in [-0.2, 0) is 20.7 Å². The van der Waals surface area contributed by atoms with Crippen molar-refractivity contribution in [3.8, 4) is 16.9 Å². The summed E-state index contributed by atoms with van der Waals surface area (Å²) in [5.74, 6) is 0.622. The van der Waals surface area contributed by atoms with E-state index >= 15 is 0 Å². The fourth-order valence-electron chi connectivity index (χ4n) is 3.07. The number of hydrogen-bond donors (Lipinski definition) is 0. The van der Waals surface area contributed by atoms with E-state index in [1.165, 1.54) is 29.2 Å². The van der Waals surface area contributed by atoms with Crippen LogP contribution in [0.4, 0.5) is 0 Å². The minimum atomic E-state index is -0.292. The number of fused-ring (bicyclic) bond motifs is 3. The molecule has 25 heavy (non-hydrogen) atoms. The van der Waals surface area contributed by atoms with E-state index in [-0.39, 0.29) is 24.8 Å². The van der Waals surface area contributed by atoms with Gasteiger partial charge in [0.05, 0.1) is 12.7 Å². The number of benzene rings is 2. The van der Waals surface area contributed by atoms with Gasteiger partial charge in [-0.05, 0) is 36.6 Å². The van der Waals surface area contributed by atoms with Gasteiger partial charge in [0.15, 0.2) is 0 Å². The van der Waals surface area contributed by atoms with Crippen molar-refractivity contribution in [3.63, 3.8) is 0 Å². The Morgan fingerprint density at radius 1 is 1.00 bits per heavy atom. The van der Waals surface area contributed by atoms with E-state index in [0.29, 0.717) is 6.61 Å². The molecule has 0 amide bonds. The molecule has 2 aromatic rings. The molecule has 2 aromatic carbocycles. The van der Waals surface area contributed by atoms with Crippen LogP contribution < -0.4 is 4.74 Å². The number of rotatable bonds is 7. The van der Waals surface area contributed by atoms with Gasteiger partial charge in [-0.3, -0.25) is 4.79 Å². The Labute approximate surface area is 148 Å². The van der Waals surface area contributed by atoms with Crippen LogP contribution in [0.2, 0.25) is 0 Å². The van der Waals surface area contributed by atoms with Crippen LogP contribution in [0.15, 0.2) is 42.5 Å². The van der Waals surface area contributed by atoms with Crippen molar-refractivity contribution in [1.82, 2.24) is 0 Å². The standard InChI is InChI=1S/C21H24O4/c1-14(12-24-16(3)22)23-13-15(2)25-21-10-6-9-19-18-8-5-4-7-17(18)11-20(19)21/h4-10,14-15H,11-13H2,1-3H3. The Morgan fingerprint density at radius 2 is 1.76 bits per heavy atom. The molecule has 0 N–H and O–H groups in total. The highest BCUT2D eigenvalue weighted by Gasteiger charge is 2.22. The molecular formula is C21H24O4. The zero-order valence-electron chi connectivity index (χ0n) is 15.0. The zero-order chi connectivity index (χ0) is 17.8. The third-order valence-corrected chi connectivity index (χ3v) is 4.27. The fourth-order valence-corrected chi connectivity index (χ4v) is 3.07. The van der Waals surface area contributed by atoms with Gasteiger partial charge in [-0.2, -0.15) is 0 Å². The van der Waals surface area contributed by atoms with E-state index in [9.17, 15) is 4.79 Å². The van der Waals surface area contributed by atoms with Crippen molar-refractivity contribution in [2.45, 2.75) is 39.4 Å². The summed E-state index contributed by atoms with van der Waals surface area (Å²) in [6, 6.07) is 14.7. The van der Waals surface area contributed by atoms with E-state index < -0.39 is 0 Å². The molecular weight excluding hydrogens is 316 g/mol. The predicted molar refractivity (Wildman–Crippen MR) is 96.8 cm³/mol. The Balaban J connectivity index is 1.60. The molecule has 1 aliphatic rings. The summed E-state index contributed by atoms with van der Waals surface area (Å²) >= 11 is 0. The topological polar surface area (TPSA) is 44.8 Å². The highest BCUT2D eigenvalue weighted by molar-refractivity contribution is 5.78. The SMILES string of the molecule is CC(=O)OCC(C)OCC(C)Oc1cccc2c1Cc1ccccc1-2. The number of ether oxygens (including phenoxy) is 3. The summed E-state index contributed by atoms with van der Waals surface area (Å²) in [4.78, 5) is 10.8. The predicted octanol–water partition coefficient (Wildman–Crippen LogP) is 3.99. The fraction of sp³-hybridized carbons (Fsp3) is 0.381. The van der Waals surface area contributed by atoms with Crippen LogP contribution in [0.25, 0.3) is 11.1 Å². The first-order valence-electron chi connectivity index (χ1n) is 8.66. The van der Waals surface area contributed by atoms with Gasteiger partial charge in [0.1, 0.15) is 18.5 Å². The summed E-state index contributed by atoms with van der Waals surface area (Å²) in [5, 5.41) is 0. The second-order valence-corrected chi connectivity index (χ2v) is 6.49. The van der Waals surface area contributed by atoms with Crippen molar-refractivity contribution in [2.75, 3.05) is 13.2 Å². The van der Waals surface area contributed by atoms with Gasteiger partial charge in [-0.1, -0.05) is 36.4 Å². The van der Waals surface area contributed by atoms with Crippen molar-refractivity contribution in [3.05, 3.63) is 53.6 Å². The zero-order valence-corrected chi connectivity index (χ0v) is 15.0. The second kappa shape index (κ2) is 7.70. The van der Waals surface area contributed by atoms with Gasteiger partial charge in [0, 0.05) is 18.9 Å². The van der Waals surface area contributed by atoms with E-state index in [1.54, 1.807) is 0 Å². The monoisotopic (exact) mass is 340 g/mol. The molecule has 3 rings (SSSR count). The van der Waals surface area contributed by atoms with Gasteiger partial charge >= 0.3 is 5.97 Å². The summed E-state index contributed by atoms with van der Waals surface area (Å²) in [5.41, 5.74) is 5.13. The quantitative estimate of drug-likeness (QED) is 0.610. The van der Waals surface area contributed by atoms with Gasteiger partial charge < -0.3 is 14.2 Å². The van der Waals surface area contributed by atoms with E-state index in [1.807, 2.05) is 26.0 Å². The molecule has 1 aliphatic carbocycles. The second-order valence-electron chi connectivity index (χ2n) is 6.49. The molecule has 2 unspecified atom stereocenters. The van der Waals surface area contributed by atoms with Gasteiger partial charge in [-0.25, -0.2) is 0 Å². The molecule has 0 aliphatic heterocycles. The van der Waals surface area contributed by atoms with Crippen LogP contribution in [0.5, 0.6) is 5.75 Å². The molecule has 0 radical (unpaired) electrons. The molecule has 0 heterocycles.